The molecule has 2 N–H and O–H groups in total. The van der Waals surface area contributed by atoms with Gasteiger partial charge in [-0.3, -0.25) is 4.90 Å². The fraction of sp³-hybridized carbons (Fsp3) is 0.389. The Bertz CT molecular complexity index is 776. The molecule has 0 spiro atoms. The van der Waals surface area contributed by atoms with Crippen LogP contribution in [0.15, 0.2) is 36.4 Å². The maximum atomic E-state index is 12.4. The molecule has 2 aromatic carbocycles. The molecule has 2 aliphatic rings. The van der Waals surface area contributed by atoms with Gasteiger partial charge in [0.05, 0.1) is 6.04 Å². The molecule has 1 saturated heterocycles. The second kappa shape index (κ2) is 5.13. The highest BCUT2D eigenvalue weighted by Crippen LogP contribution is 2.46. The monoisotopic (exact) mass is 312 g/mol. The molecule has 2 aliphatic heterocycles. The van der Waals surface area contributed by atoms with E-state index in [-0.39, 0.29) is 18.7 Å². The van der Waals surface area contributed by atoms with Gasteiger partial charge in [-0.15, -0.1) is 0 Å². The summed E-state index contributed by atoms with van der Waals surface area (Å²) in [5, 5.41) is 14.4. The van der Waals surface area contributed by atoms with Gasteiger partial charge in [-0.1, -0.05) is 36.4 Å². The zero-order chi connectivity index (χ0) is 16.0. The first kappa shape index (κ1) is 14.3. The smallest absolute Gasteiger partial charge is 0.320 e. The van der Waals surface area contributed by atoms with Crippen molar-refractivity contribution in [2.24, 2.45) is 0 Å². The zero-order valence-electron chi connectivity index (χ0n) is 13.1. The van der Waals surface area contributed by atoms with E-state index in [4.69, 9.17) is 9.84 Å². The Hall–Kier alpha value is -2.27. The molecule has 0 saturated carbocycles. The van der Waals surface area contributed by atoms with E-state index in [2.05, 4.69) is 23.5 Å². The summed E-state index contributed by atoms with van der Waals surface area (Å²) in [5.41, 5.74) is 0.357. The number of fused-ring (bicyclic) bond motifs is 6. The van der Waals surface area contributed by atoms with Gasteiger partial charge in [-0.25, -0.2) is 4.79 Å². The molecule has 5 heteroatoms. The third-order valence-corrected chi connectivity index (χ3v) is 4.84. The molecular weight excluding hydrogens is 292 g/mol. The molecule has 4 rings (SSSR count). The summed E-state index contributed by atoms with van der Waals surface area (Å²) in [6, 6.07) is 12.1. The number of aliphatic hydroxyl groups excluding tert-OH is 1. The summed E-state index contributed by atoms with van der Waals surface area (Å²) in [7, 11) is 0. The SMILES string of the molecule is CC12CC(NC(=O)N1CCCO)c1ccc3ccccc3c1O2. The Kier molecular flexibility index (Phi) is 3.20. The van der Waals surface area contributed by atoms with Crippen LogP contribution in [0, 0.1) is 0 Å². The van der Waals surface area contributed by atoms with Crippen molar-refractivity contribution < 1.29 is 14.6 Å². The second-order valence-corrected chi connectivity index (χ2v) is 6.42. The summed E-state index contributed by atoms with van der Waals surface area (Å²) in [5.74, 6) is 0.857. The zero-order valence-corrected chi connectivity index (χ0v) is 13.1. The number of rotatable bonds is 3. The number of benzene rings is 2. The van der Waals surface area contributed by atoms with E-state index < -0.39 is 5.72 Å². The first-order valence-electron chi connectivity index (χ1n) is 8.02. The Balaban J connectivity index is 1.82. The van der Waals surface area contributed by atoms with Gasteiger partial charge in [0.25, 0.3) is 0 Å². The van der Waals surface area contributed by atoms with Crippen molar-refractivity contribution in [3.8, 4) is 5.75 Å². The van der Waals surface area contributed by atoms with Gasteiger partial charge in [0.2, 0.25) is 0 Å². The van der Waals surface area contributed by atoms with E-state index in [1.54, 1.807) is 4.90 Å². The number of urea groups is 1. The van der Waals surface area contributed by atoms with Gasteiger partial charge in [0, 0.05) is 30.5 Å². The van der Waals surface area contributed by atoms with E-state index in [0.717, 1.165) is 22.1 Å². The lowest BCUT2D eigenvalue weighted by Crippen LogP contribution is -2.64. The number of carbonyl (C=O) groups is 1. The Morgan fingerprint density at radius 1 is 1.35 bits per heavy atom. The maximum Gasteiger partial charge on any atom is 0.320 e. The van der Waals surface area contributed by atoms with Crippen LogP contribution in [0.3, 0.4) is 0 Å². The van der Waals surface area contributed by atoms with Crippen LogP contribution in [0.2, 0.25) is 0 Å². The number of hydrogen-bond donors (Lipinski definition) is 2. The highest BCUT2D eigenvalue weighted by atomic mass is 16.5. The topological polar surface area (TPSA) is 61.8 Å². The molecule has 1 fully saturated rings. The molecule has 2 aromatic rings. The minimum absolute atomic E-state index is 0.0359. The van der Waals surface area contributed by atoms with Crippen LogP contribution in [0.5, 0.6) is 5.75 Å². The van der Waals surface area contributed by atoms with Crippen molar-refractivity contribution in [1.29, 1.82) is 0 Å². The van der Waals surface area contributed by atoms with Crippen molar-refractivity contribution >= 4 is 16.8 Å². The number of carbonyl (C=O) groups excluding carboxylic acids is 1. The van der Waals surface area contributed by atoms with Gasteiger partial charge < -0.3 is 15.2 Å². The van der Waals surface area contributed by atoms with E-state index >= 15 is 0 Å². The molecule has 23 heavy (non-hydrogen) atoms. The molecule has 0 radical (unpaired) electrons. The lowest BCUT2D eigenvalue weighted by molar-refractivity contribution is -0.0839. The molecule has 2 atom stereocenters. The van der Waals surface area contributed by atoms with Gasteiger partial charge in [0.1, 0.15) is 5.75 Å². The molecule has 5 nitrogen and oxygen atoms in total. The number of amides is 2. The Morgan fingerprint density at radius 3 is 3.00 bits per heavy atom. The summed E-state index contributed by atoms with van der Waals surface area (Å²) >= 11 is 0. The normalized spacial score (nSPS) is 25.7. The van der Waals surface area contributed by atoms with Crippen molar-refractivity contribution in [2.75, 3.05) is 13.2 Å². The third kappa shape index (κ3) is 2.15. The second-order valence-electron chi connectivity index (χ2n) is 6.42. The molecule has 0 aliphatic carbocycles. The van der Waals surface area contributed by atoms with E-state index in [1.807, 2.05) is 25.1 Å². The number of hydrogen-bond acceptors (Lipinski definition) is 3. The minimum Gasteiger partial charge on any atom is -0.467 e. The lowest BCUT2D eigenvalue weighted by atomic mass is 9.88. The van der Waals surface area contributed by atoms with Crippen LogP contribution >= 0.6 is 0 Å². The molecule has 2 amide bonds. The molecular formula is C18H20N2O3. The lowest BCUT2D eigenvalue weighted by Gasteiger charge is -2.51. The van der Waals surface area contributed by atoms with Crippen LogP contribution in [-0.2, 0) is 0 Å². The average molecular weight is 312 g/mol. The summed E-state index contributed by atoms with van der Waals surface area (Å²) in [6.07, 6.45) is 1.24. The highest BCUT2D eigenvalue weighted by Gasteiger charge is 2.49. The van der Waals surface area contributed by atoms with Gasteiger partial charge in [0.15, 0.2) is 5.72 Å². The number of aliphatic hydroxyl groups is 1. The van der Waals surface area contributed by atoms with Crippen LogP contribution in [0.4, 0.5) is 4.79 Å². The van der Waals surface area contributed by atoms with Gasteiger partial charge >= 0.3 is 6.03 Å². The standard InChI is InChI=1S/C18H20N2O3/c1-18-11-15(19-17(22)20(18)9-4-10-21)14-8-7-12-5-2-3-6-13(12)16(14)23-18/h2-3,5-8,15,21H,4,9-11H2,1H3,(H,19,22). The summed E-state index contributed by atoms with van der Waals surface area (Å²) in [6.45, 7) is 2.50. The molecule has 2 unspecified atom stereocenters. The largest absolute Gasteiger partial charge is 0.467 e. The summed E-state index contributed by atoms with van der Waals surface area (Å²) in [4.78, 5) is 14.1. The highest BCUT2D eigenvalue weighted by molar-refractivity contribution is 5.90. The molecule has 2 bridgehead atoms. The van der Waals surface area contributed by atoms with Crippen molar-refractivity contribution in [3.05, 3.63) is 42.0 Å². The number of nitrogens with zero attached hydrogens (tertiary/aromatic N) is 1. The van der Waals surface area contributed by atoms with Gasteiger partial charge in [-0.2, -0.15) is 0 Å². The van der Waals surface area contributed by atoms with Crippen LogP contribution < -0.4 is 10.1 Å². The van der Waals surface area contributed by atoms with Crippen molar-refractivity contribution in [1.82, 2.24) is 10.2 Å². The molecule has 0 aromatic heterocycles. The quantitative estimate of drug-likeness (QED) is 0.916. The first-order valence-corrected chi connectivity index (χ1v) is 8.02. The maximum absolute atomic E-state index is 12.4. The van der Waals surface area contributed by atoms with Crippen molar-refractivity contribution in [3.63, 3.8) is 0 Å². The minimum atomic E-state index is -0.681. The van der Waals surface area contributed by atoms with E-state index in [0.29, 0.717) is 19.4 Å². The number of ether oxygens (including phenoxy) is 1. The molecule has 120 valence electrons. The fourth-order valence-corrected chi connectivity index (χ4v) is 3.70. The summed E-state index contributed by atoms with van der Waals surface area (Å²) < 4.78 is 6.37. The Labute approximate surface area is 134 Å². The predicted molar refractivity (Wildman–Crippen MR) is 87.3 cm³/mol. The van der Waals surface area contributed by atoms with Crippen LogP contribution in [0.1, 0.15) is 31.4 Å². The third-order valence-electron chi connectivity index (χ3n) is 4.84. The predicted octanol–water partition coefficient (Wildman–Crippen LogP) is 2.79. The average Bonchev–Trinajstić information content (AvgIpc) is 2.54. The van der Waals surface area contributed by atoms with E-state index in [9.17, 15) is 4.79 Å². The van der Waals surface area contributed by atoms with Crippen LogP contribution in [-0.4, -0.2) is 34.9 Å². The van der Waals surface area contributed by atoms with E-state index in [1.165, 1.54) is 0 Å². The van der Waals surface area contributed by atoms with Gasteiger partial charge in [-0.05, 0) is 18.7 Å². The Morgan fingerprint density at radius 2 is 2.17 bits per heavy atom. The van der Waals surface area contributed by atoms with Crippen molar-refractivity contribution in [2.45, 2.75) is 31.5 Å². The number of nitrogens with one attached hydrogen (secondary N) is 1. The van der Waals surface area contributed by atoms with Crippen LogP contribution in [0.25, 0.3) is 10.8 Å². The first-order chi connectivity index (χ1) is 11.1. The fourth-order valence-electron chi connectivity index (χ4n) is 3.70. The molecule has 2 heterocycles.